The Morgan fingerprint density at radius 2 is 1.76 bits per heavy atom. The van der Waals surface area contributed by atoms with Crippen molar-refractivity contribution in [2.45, 2.75) is 4.90 Å². The smallest absolute Gasteiger partial charge is 0.339 e. The molecule has 2 N–H and O–H groups in total. The summed E-state index contributed by atoms with van der Waals surface area (Å²) in [4.78, 5) is 10.8. The molecule has 0 atom stereocenters. The van der Waals surface area contributed by atoms with Crippen molar-refractivity contribution in [3.8, 4) is 5.75 Å². The largest absolute Gasteiger partial charge is 0.377 e. The molecule has 0 aromatic heterocycles. The van der Waals surface area contributed by atoms with Gasteiger partial charge >= 0.3 is 10.1 Å². The van der Waals surface area contributed by atoms with Gasteiger partial charge in [-0.25, -0.2) is 0 Å². The molecule has 0 radical (unpaired) electrons. The van der Waals surface area contributed by atoms with Crippen molar-refractivity contribution in [1.29, 1.82) is 0 Å². The Kier molecular flexibility index (Phi) is 4.55. The second-order valence-corrected chi connectivity index (χ2v) is 6.87. The van der Waals surface area contributed by atoms with Crippen molar-refractivity contribution in [2.24, 2.45) is 5.73 Å². The van der Waals surface area contributed by atoms with E-state index in [0.29, 0.717) is 4.47 Å². The third-order valence-electron chi connectivity index (χ3n) is 2.52. The van der Waals surface area contributed by atoms with Crippen LogP contribution in [0.1, 0.15) is 10.4 Å². The van der Waals surface area contributed by atoms with Gasteiger partial charge in [0, 0.05) is 10.0 Å². The Balaban J connectivity index is 2.31. The first-order valence-corrected chi connectivity index (χ1v) is 8.17. The number of nitrogens with two attached hydrogens (primary N) is 1. The standard InChI is InChI=1S/C13H9BrClNO4S/c14-9-3-6-12(11(15)7-9)20-21(18,19)10-4-1-8(2-5-10)13(16)17/h1-7H,(H2,16,17). The fourth-order valence-electron chi connectivity index (χ4n) is 1.49. The lowest BCUT2D eigenvalue weighted by Gasteiger charge is -2.09. The summed E-state index contributed by atoms with van der Waals surface area (Å²) in [7, 11) is -4.04. The van der Waals surface area contributed by atoms with E-state index in [1.165, 1.54) is 36.4 Å². The van der Waals surface area contributed by atoms with Gasteiger partial charge in [-0.15, -0.1) is 0 Å². The minimum atomic E-state index is -4.04. The highest BCUT2D eigenvalue weighted by Crippen LogP contribution is 2.30. The molecule has 110 valence electrons. The fraction of sp³-hybridized carbons (Fsp3) is 0. The third kappa shape index (κ3) is 3.75. The van der Waals surface area contributed by atoms with Crippen LogP contribution in [-0.2, 0) is 10.1 Å². The number of benzene rings is 2. The van der Waals surface area contributed by atoms with Gasteiger partial charge < -0.3 is 9.92 Å². The summed E-state index contributed by atoms with van der Waals surface area (Å²) < 4.78 is 29.9. The highest BCUT2D eigenvalue weighted by Gasteiger charge is 2.18. The van der Waals surface area contributed by atoms with E-state index in [9.17, 15) is 13.2 Å². The molecule has 2 aromatic rings. The van der Waals surface area contributed by atoms with E-state index in [0.717, 1.165) is 0 Å². The van der Waals surface area contributed by atoms with Crippen LogP contribution >= 0.6 is 27.5 Å². The number of hydrogen-bond acceptors (Lipinski definition) is 4. The van der Waals surface area contributed by atoms with Crippen LogP contribution < -0.4 is 9.92 Å². The molecular formula is C13H9BrClNO4S. The summed E-state index contributed by atoms with van der Waals surface area (Å²) in [5.41, 5.74) is 5.29. The Labute approximate surface area is 134 Å². The molecule has 0 aliphatic heterocycles. The van der Waals surface area contributed by atoms with Crippen molar-refractivity contribution >= 4 is 43.6 Å². The van der Waals surface area contributed by atoms with Crippen molar-refractivity contribution in [1.82, 2.24) is 0 Å². The number of carbonyl (C=O) groups is 1. The summed E-state index contributed by atoms with van der Waals surface area (Å²) in [5, 5.41) is 0.154. The molecule has 0 spiro atoms. The van der Waals surface area contributed by atoms with Crippen LogP contribution in [0.4, 0.5) is 0 Å². The number of halogens is 2. The molecule has 0 saturated carbocycles. The zero-order chi connectivity index (χ0) is 15.6. The number of hydrogen-bond donors (Lipinski definition) is 1. The van der Waals surface area contributed by atoms with Gasteiger partial charge in [0.25, 0.3) is 0 Å². The number of amides is 1. The Hall–Kier alpha value is -1.57. The Bertz CT molecular complexity index is 790. The highest BCUT2D eigenvalue weighted by molar-refractivity contribution is 9.10. The maximum atomic E-state index is 12.1. The van der Waals surface area contributed by atoms with E-state index in [1.54, 1.807) is 6.07 Å². The van der Waals surface area contributed by atoms with Gasteiger partial charge in [-0.1, -0.05) is 27.5 Å². The summed E-state index contributed by atoms with van der Waals surface area (Å²) >= 11 is 9.12. The van der Waals surface area contributed by atoms with E-state index in [1.807, 2.05) is 0 Å². The molecule has 8 heteroatoms. The molecule has 0 aliphatic rings. The van der Waals surface area contributed by atoms with Crippen LogP contribution in [0.2, 0.25) is 5.02 Å². The van der Waals surface area contributed by atoms with Crippen LogP contribution in [-0.4, -0.2) is 14.3 Å². The van der Waals surface area contributed by atoms with Gasteiger partial charge in [0.05, 0.1) is 5.02 Å². The molecule has 0 aliphatic carbocycles. The average molecular weight is 391 g/mol. The monoisotopic (exact) mass is 389 g/mol. The summed E-state index contributed by atoms with van der Waals surface area (Å²) in [5.74, 6) is -0.630. The fourth-order valence-corrected chi connectivity index (χ4v) is 3.20. The normalized spacial score (nSPS) is 11.1. The van der Waals surface area contributed by atoms with Gasteiger partial charge in [-0.2, -0.15) is 8.42 Å². The number of primary amides is 1. The molecule has 0 heterocycles. The van der Waals surface area contributed by atoms with Crippen LogP contribution in [0.15, 0.2) is 51.8 Å². The van der Waals surface area contributed by atoms with Crippen molar-refractivity contribution < 1.29 is 17.4 Å². The van der Waals surface area contributed by atoms with E-state index in [-0.39, 0.29) is 21.2 Å². The SMILES string of the molecule is NC(=O)c1ccc(S(=O)(=O)Oc2ccc(Br)cc2Cl)cc1. The molecule has 2 aromatic carbocycles. The molecule has 0 saturated heterocycles. The maximum Gasteiger partial charge on any atom is 0.339 e. The lowest BCUT2D eigenvalue weighted by atomic mass is 10.2. The van der Waals surface area contributed by atoms with E-state index in [2.05, 4.69) is 15.9 Å². The predicted molar refractivity (Wildman–Crippen MR) is 81.9 cm³/mol. The van der Waals surface area contributed by atoms with E-state index in [4.69, 9.17) is 21.5 Å². The number of rotatable bonds is 4. The Morgan fingerprint density at radius 1 is 1.14 bits per heavy atom. The summed E-state index contributed by atoms with van der Waals surface area (Å²) in [6, 6.07) is 9.64. The summed E-state index contributed by atoms with van der Waals surface area (Å²) in [6.07, 6.45) is 0. The first-order valence-electron chi connectivity index (χ1n) is 5.59. The lowest BCUT2D eigenvalue weighted by molar-refractivity contribution is 0.1000. The summed E-state index contributed by atoms with van der Waals surface area (Å²) in [6.45, 7) is 0. The lowest BCUT2D eigenvalue weighted by Crippen LogP contribution is -2.13. The molecule has 0 bridgehead atoms. The molecule has 5 nitrogen and oxygen atoms in total. The van der Waals surface area contributed by atoms with E-state index >= 15 is 0 Å². The first-order chi connectivity index (χ1) is 9.79. The molecule has 21 heavy (non-hydrogen) atoms. The van der Waals surface area contributed by atoms with Gasteiger partial charge in [0.2, 0.25) is 5.91 Å². The quantitative estimate of drug-likeness (QED) is 0.813. The molecule has 0 unspecified atom stereocenters. The van der Waals surface area contributed by atoms with Crippen molar-refractivity contribution in [3.63, 3.8) is 0 Å². The zero-order valence-corrected chi connectivity index (χ0v) is 13.6. The van der Waals surface area contributed by atoms with Crippen LogP contribution in [0, 0.1) is 0 Å². The van der Waals surface area contributed by atoms with Gasteiger partial charge in [0.15, 0.2) is 5.75 Å². The third-order valence-corrected chi connectivity index (χ3v) is 4.56. The highest BCUT2D eigenvalue weighted by atomic mass is 79.9. The van der Waals surface area contributed by atoms with Crippen LogP contribution in [0.25, 0.3) is 0 Å². The second kappa shape index (κ2) is 6.05. The first kappa shape index (κ1) is 15.8. The minimum Gasteiger partial charge on any atom is -0.377 e. The van der Waals surface area contributed by atoms with Crippen molar-refractivity contribution in [2.75, 3.05) is 0 Å². The molecular weight excluding hydrogens is 382 g/mol. The minimum absolute atomic E-state index is 0.0128. The maximum absolute atomic E-state index is 12.1. The Morgan fingerprint density at radius 3 is 2.29 bits per heavy atom. The van der Waals surface area contributed by atoms with Gasteiger partial charge in [-0.3, -0.25) is 4.79 Å². The average Bonchev–Trinajstić information content (AvgIpc) is 2.42. The van der Waals surface area contributed by atoms with Crippen LogP contribution in [0.3, 0.4) is 0 Å². The van der Waals surface area contributed by atoms with Crippen LogP contribution in [0.5, 0.6) is 5.75 Å². The predicted octanol–water partition coefficient (Wildman–Crippen LogP) is 2.97. The van der Waals surface area contributed by atoms with E-state index < -0.39 is 16.0 Å². The van der Waals surface area contributed by atoms with Crippen molar-refractivity contribution in [3.05, 3.63) is 57.5 Å². The topological polar surface area (TPSA) is 86.5 Å². The molecule has 2 rings (SSSR count). The molecule has 1 amide bonds. The second-order valence-electron chi connectivity index (χ2n) is 4.00. The zero-order valence-electron chi connectivity index (χ0n) is 10.4. The number of carbonyl (C=O) groups excluding carboxylic acids is 1. The van der Waals surface area contributed by atoms with Gasteiger partial charge in [0.1, 0.15) is 4.90 Å². The van der Waals surface area contributed by atoms with Gasteiger partial charge in [-0.05, 0) is 42.5 Å². The molecule has 0 fully saturated rings.